The van der Waals surface area contributed by atoms with Crippen molar-refractivity contribution in [2.45, 2.75) is 12.2 Å². The van der Waals surface area contributed by atoms with Crippen molar-refractivity contribution >= 4 is 29.1 Å². The Hall–Kier alpha value is -0.510. The summed E-state index contributed by atoms with van der Waals surface area (Å²) < 4.78 is 0. The number of carbonyl (C=O) groups is 1. The summed E-state index contributed by atoms with van der Waals surface area (Å²) in [4.78, 5) is 11.7. The molecule has 0 spiro atoms. The molecule has 1 unspecified atom stereocenters. The van der Waals surface area contributed by atoms with Crippen molar-refractivity contribution in [1.29, 1.82) is 0 Å². The zero-order chi connectivity index (χ0) is 11.3. The average Bonchev–Trinajstić information content (AvgIpc) is 2.25. The van der Waals surface area contributed by atoms with Crippen LogP contribution in [-0.2, 0) is 0 Å². The van der Waals surface area contributed by atoms with E-state index in [1.807, 2.05) is 6.92 Å². The number of aliphatic hydroxyl groups excluding tert-OH is 1. The maximum Gasteiger partial charge on any atom is 0.172 e. The molecule has 15 heavy (non-hydrogen) atoms. The van der Waals surface area contributed by atoms with E-state index in [0.29, 0.717) is 16.3 Å². The third kappa shape index (κ3) is 4.24. The summed E-state index contributed by atoms with van der Waals surface area (Å²) in [7, 11) is 0. The Morgan fingerprint density at radius 1 is 1.60 bits per heavy atom. The highest BCUT2D eigenvalue weighted by atomic mass is 35.5. The molecule has 4 heteroatoms. The Kier molecular flexibility index (Phi) is 5.15. The Bertz CT molecular complexity index is 341. The summed E-state index contributed by atoms with van der Waals surface area (Å²) >= 11 is 7.22. The van der Waals surface area contributed by atoms with Gasteiger partial charge in [0.15, 0.2) is 5.78 Å². The maximum absolute atomic E-state index is 11.7. The molecule has 1 atom stereocenters. The first-order chi connectivity index (χ1) is 7.13. The van der Waals surface area contributed by atoms with Gasteiger partial charge in [0, 0.05) is 15.8 Å². The summed E-state index contributed by atoms with van der Waals surface area (Å²) in [5, 5.41) is 9.47. The summed E-state index contributed by atoms with van der Waals surface area (Å²) in [6.45, 7) is 1.98. The topological polar surface area (TPSA) is 37.3 Å². The molecule has 1 rings (SSSR count). The minimum Gasteiger partial charge on any atom is -0.395 e. The summed E-state index contributed by atoms with van der Waals surface area (Å²) in [5.41, 5.74) is 0.625. The lowest BCUT2D eigenvalue weighted by Gasteiger charge is -2.06. The third-order valence-corrected chi connectivity index (χ3v) is 3.28. The molecule has 1 N–H and O–H groups in total. The van der Waals surface area contributed by atoms with Crippen LogP contribution in [0.2, 0.25) is 5.02 Å². The largest absolute Gasteiger partial charge is 0.395 e. The van der Waals surface area contributed by atoms with Crippen molar-refractivity contribution in [3.8, 4) is 0 Å². The number of Topliss-reactive ketones (excluding diaryl/α,β-unsaturated/α-hetero) is 1. The number of carbonyl (C=O) groups excluding carboxylic acids is 1. The van der Waals surface area contributed by atoms with E-state index in [9.17, 15) is 4.79 Å². The van der Waals surface area contributed by atoms with Gasteiger partial charge in [-0.3, -0.25) is 4.79 Å². The molecule has 0 saturated carbocycles. The van der Waals surface area contributed by atoms with Crippen molar-refractivity contribution in [1.82, 2.24) is 0 Å². The molecule has 0 aliphatic carbocycles. The quantitative estimate of drug-likeness (QED) is 0.810. The minimum atomic E-state index is 0.0443. The zero-order valence-electron chi connectivity index (χ0n) is 8.44. The van der Waals surface area contributed by atoms with Gasteiger partial charge in [0.05, 0.1) is 12.4 Å². The predicted octanol–water partition coefficient (Wildman–Crippen LogP) is 2.64. The number of hydrogen-bond donors (Lipinski definition) is 1. The van der Waals surface area contributed by atoms with Crippen LogP contribution < -0.4 is 0 Å². The highest BCUT2D eigenvalue weighted by molar-refractivity contribution is 8.00. The van der Waals surface area contributed by atoms with Crippen LogP contribution in [0.15, 0.2) is 24.3 Å². The first kappa shape index (κ1) is 12.6. The van der Waals surface area contributed by atoms with Crippen molar-refractivity contribution in [2.24, 2.45) is 0 Å². The zero-order valence-corrected chi connectivity index (χ0v) is 10.0. The molecule has 0 heterocycles. The van der Waals surface area contributed by atoms with Crippen molar-refractivity contribution < 1.29 is 9.90 Å². The molecular formula is C11H13ClO2S. The third-order valence-electron chi connectivity index (χ3n) is 1.90. The number of rotatable bonds is 5. The minimum absolute atomic E-state index is 0.0443. The van der Waals surface area contributed by atoms with Crippen LogP contribution in [0.1, 0.15) is 17.3 Å². The first-order valence-electron chi connectivity index (χ1n) is 4.64. The van der Waals surface area contributed by atoms with E-state index in [0.717, 1.165) is 0 Å². The lowest BCUT2D eigenvalue weighted by molar-refractivity contribution is 0.102. The number of ketones is 1. The van der Waals surface area contributed by atoms with Gasteiger partial charge < -0.3 is 5.11 Å². The fourth-order valence-corrected chi connectivity index (χ4v) is 1.91. The molecule has 1 aromatic rings. The van der Waals surface area contributed by atoms with Gasteiger partial charge in [-0.25, -0.2) is 0 Å². The maximum atomic E-state index is 11.7. The van der Waals surface area contributed by atoms with E-state index >= 15 is 0 Å². The van der Waals surface area contributed by atoms with Crippen LogP contribution in [-0.4, -0.2) is 28.5 Å². The number of hydrogen-bond acceptors (Lipinski definition) is 3. The Balaban J connectivity index is 2.54. The fraction of sp³-hybridized carbons (Fsp3) is 0.364. The van der Waals surface area contributed by atoms with E-state index < -0.39 is 0 Å². The Labute approximate surface area is 98.6 Å². The highest BCUT2D eigenvalue weighted by Crippen LogP contribution is 2.15. The van der Waals surface area contributed by atoms with Crippen molar-refractivity contribution in [3.05, 3.63) is 34.9 Å². The first-order valence-corrected chi connectivity index (χ1v) is 6.07. The van der Waals surface area contributed by atoms with Gasteiger partial charge in [-0.2, -0.15) is 0 Å². The van der Waals surface area contributed by atoms with Gasteiger partial charge in [0.1, 0.15) is 0 Å². The number of benzene rings is 1. The molecule has 1 aromatic carbocycles. The lowest BCUT2D eigenvalue weighted by Crippen LogP contribution is -2.09. The van der Waals surface area contributed by atoms with E-state index in [4.69, 9.17) is 16.7 Å². The Morgan fingerprint density at radius 2 is 2.33 bits per heavy atom. The smallest absolute Gasteiger partial charge is 0.172 e. The van der Waals surface area contributed by atoms with Crippen LogP contribution in [0, 0.1) is 0 Å². The van der Waals surface area contributed by atoms with Crippen LogP contribution in [0.4, 0.5) is 0 Å². The Morgan fingerprint density at radius 3 is 2.93 bits per heavy atom. The average molecular weight is 245 g/mol. The van der Waals surface area contributed by atoms with E-state index in [1.54, 1.807) is 24.3 Å². The number of aliphatic hydroxyl groups is 1. The van der Waals surface area contributed by atoms with E-state index in [-0.39, 0.29) is 17.6 Å². The van der Waals surface area contributed by atoms with Crippen molar-refractivity contribution in [3.63, 3.8) is 0 Å². The summed E-state index contributed by atoms with van der Waals surface area (Å²) in [5.74, 6) is 0.421. The molecular weight excluding hydrogens is 232 g/mol. The van der Waals surface area contributed by atoms with Crippen LogP contribution in [0.3, 0.4) is 0 Å². The van der Waals surface area contributed by atoms with Crippen LogP contribution in [0.25, 0.3) is 0 Å². The lowest BCUT2D eigenvalue weighted by atomic mass is 10.1. The molecule has 82 valence electrons. The monoisotopic (exact) mass is 244 g/mol. The molecule has 0 saturated heterocycles. The highest BCUT2D eigenvalue weighted by Gasteiger charge is 2.08. The summed E-state index contributed by atoms with van der Waals surface area (Å²) in [6, 6.07) is 6.91. The predicted molar refractivity (Wildman–Crippen MR) is 64.8 cm³/mol. The van der Waals surface area contributed by atoms with Gasteiger partial charge >= 0.3 is 0 Å². The molecule has 0 bridgehead atoms. The molecule has 0 aliphatic heterocycles. The van der Waals surface area contributed by atoms with Crippen LogP contribution in [0.5, 0.6) is 0 Å². The second kappa shape index (κ2) is 6.16. The molecule has 2 nitrogen and oxygen atoms in total. The van der Waals surface area contributed by atoms with Gasteiger partial charge in [-0.05, 0) is 12.1 Å². The standard InChI is InChI=1S/C11H13ClO2S/c1-8(6-13)15-7-11(14)9-3-2-4-10(12)5-9/h2-5,8,13H,6-7H2,1H3. The number of halogens is 1. The summed E-state index contributed by atoms with van der Waals surface area (Å²) in [6.07, 6.45) is 0. The van der Waals surface area contributed by atoms with E-state index in [1.165, 1.54) is 11.8 Å². The second-order valence-corrected chi connectivity index (χ2v) is 5.10. The normalized spacial score (nSPS) is 12.5. The molecule has 0 fully saturated rings. The fourth-order valence-electron chi connectivity index (χ4n) is 1.02. The van der Waals surface area contributed by atoms with Gasteiger partial charge in [-0.15, -0.1) is 11.8 Å². The second-order valence-electron chi connectivity index (χ2n) is 3.24. The molecule has 0 aromatic heterocycles. The molecule has 0 amide bonds. The van der Waals surface area contributed by atoms with E-state index in [2.05, 4.69) is 0 Å². The van der Waals surface area contributed by atoms with Crippen molar-refractivity contribution in [2.75, 3.05) is 12.4 Å². The van der Waals surface area contributed by atoms with Gasteiger partial charge in [0.25, 0.3) is 0 Å². The van der Waals surface area contributed by atoms with Gasteiger partial charge in [0.2, 0.25) is 0 Å². The van der Waals surface area contributed by atoms with Crippen LogP contribution >= 0.6 is 23.4 Å². The van der Waals surface area contributed by atoms with Gasteiger partial charge in [-0.1, -0.05) is 30.7 Å². The molecule has 0 radical (unpaired) electrons. The molecule has 0 aliphatic rings. The number of thioether (sulfide) groups is 1. The SMILES string of the molecule is CC(CO)SCC(=O)c1cccc(Cl)c1.